The second kappa shape index (κ2) is 4.79. The van der Waals surface area contributed by atoms with Crippen molar-refractivity contribution in [3.8, 4) is 0 Å². The lowest BCUT2D eigenvalue weighted by atomic mass is 10.1. The molecule has 1 aromatic carbocycles. The summed E-state index contributed by atoms with van der Waals surface area (Å²) in [6.07, 6.45) is 2.82. The first-order valence-electron chi connectivity index (χ1n) is 4.71. The lowest BCUT2D eigenvalue weighted by Gasteiger charge is -1.98. The molecule has 0 saturated carbocycles. The van der Waals surface area contributed by atoms with E-state index in [2.05, 4.69) is 9.59 Å². The lowest BCUT2D eigenvalue weighted by molar-refractivity contribution is 0.0986. The highest BCUT2D eigenvalue weighted by atomic mass is 32.1. The molecule has 0 spiro atoms. The molecule has 1 aromatic heterocycles. The fourth-order valence-corrected chi connectivity index (χ4v) is 1.80. The number of carbonyl (C=O) groups is 1. The zero-order chi connectivity index (χ0) is 10.5. The average Bonchev–Trinajstić information content (AvgIpc) is 2.81. The predicted octanol–water partition coefficient (Wildman–Crippen LogP) is 2.35. The molecule has 0 aliphatic heterocycles. The third-order valence-electron chi connectivity index (χ3n) is 2.12. The molecule has 2 rings (SSSR count). The maximum Gasteiger partial charge on any atom is 0.176 e. The second-order valence-corrected chi connectivity index (χ2v) is 3.98. The van der Waals surface area contributed by atoms with Crippen LogP contribution in [-0.4, -0.2) is 15.4 Å². The van der Waals surface area contributed by atoms with Gasteiger partial charge >= 0.3 is 0 Å². The van der Waals surface area contributed by atoms with Crippen LogP contribution in [-0.2, 0) is 6.42 Å². The van der Waals surface area contributed by atoms with Crippen molar-refractivity contribution in [3.63, 3.8) is 0 Å². The van der Waals surface area contributed by atoms with Crippen LogP contribution in [0.1, 0.15) is 21.7 Å². The molecular formula is C11H10N2OS. The molecule has 15 heavy (non-hydrogen) atoms. The van der Waals surface area contributed by atoms with Crippen LogP contribution in [0.4, 0.5) is 0 Å². The summed E-state index contributed by atoms with van der Waals surface area (Å²) in [7, 11) is 0. The maximum absolute atomic E-state index is 11.6. The first-order valence-corrected chi connectivity index (χ1v) is 5.48. The van der Waals surface area contributed by atoms with E-state index in [-0.39, 0.29) is 5.78 Å². The first kappa shape index (κ1) is 9.98. The van der Waals surface area contributed by atoms with Gasteiger partial charge < -0.3 is 0 Å². The number of rotatable bonds is 4. The number of Topliss-reactive ketones (excluding diaryl/α,β-unsaturated/α-hetero) is 1. The molecule has 2 aromatic rings. The molecule has 0 aliphatic carbocycles. The number of benzene rings is 1. The lowest BCUT2D eigenvalue weighted by Crippen LogP contribution is -1.98. The van der Waals surface area contributed by atoms with Gasteiger partial charge in [-0.3, -0.25) is 4.79 Å². The van der Waals surface area contributed by atoms with Crippen molar-refractivity contribution in [1.82, 2.24) is 9.59 Å². The van der Waals surface area contributed by atoms with Gasteiger partial charge in [0.1, 0.15) is 4.88 Å². The molecule has 0 saturated heterocycles. The van der Waals surface area contributed by atoms with Crippen molar-refractivity contribution < 1.29 is 4.79 Å². The Morgan fingerprint density at radius 2 is 2.07 bits per heavy atom. The fraction of sp³-hybridized carbons (Fsp3) is 0.182. The van der Waals surface area contributed by atoms with E-state index in [0.717, 1.165) is 18.0 Å². The minimum atomic E-state index is 0.119. The van der Waals surface area contributed by atoms with E-state index >= 15 is 0 Å². The molecule has 0 radical (unpaired) electrons. The van der Waals surface area contributed by atoms with Crippen LogP contribution in [0.5, 0.6) is 0 Å². The molecule has 0 amide bonds. The zero-order valence-corrected chi connectivity index (χ0v) is 8.91. The largest absolute Gasteiger partial charge is 0.293 e. The fourth-order valence-electron chi connectivity index (χ4n) is 1.32. The standard InChI is InChI=1S/C11H10N2OS/c14-10(11-8-12-13-15-11)7-6-9-4-2-1-3-5-9/h1-5,8H,6-7H2. The van der Waals surface area contributed by atoms with E-state index < -0.39 is 0 Å². The Labute approximate surface area is 91.9 Å². The summed E-state index contributed by atoms with van der Waals surface area (Å²) in [6.45, 7) is 0. The van der Waals surface area contributed by atoms with Crippen LogP contribution >= 0.6 is 11.5 Å². The normalized spacial score (nSPS) is 10.1. The van der Waals surface area contributed by atoms with E-state index in [1.807, 2.05) is 30.3 Å². The Morgan fingerprint density at radius 3 is 2.73 bits per heavy atom. The smallest absolute Gasteiger partial charge is 0.176 e. The molecule has 1 heterocycles. The Morgan fingerprint density at radius 1 is 1.27 bits per heavy atom. The monoisotopic (exact) mass is 218 g/mol. The molecule has 0 atom stereocenters. The van der Waals surface area contributed by atoms with Crippen molar-refractivity contribution in [3.05, 3.63) is 47.0 Å². The van der Waals surface area contributed by atoms with Crippen LogP contribution in [0.3, 0.4) is 0 Å². The van der Waals surface area contributed by atoms with Crippen LogP contribution in [0.15, 0.2) is 36.5 Å². The molecule has 0 bridgehead atoms. The van der Waals surface area contributed by atoms with Gasteiger partial charge in [-0.05, 0) is 23.5 Å². The van der Waals surface area contributed by atoms with Gasteiger partial charge in [-0.1, -0.05) is 34.8 Å². The summed E-state index contributed by atoms with van der Waals surface area (Å²) in [6, 6.07) is 9.98. The number of hydrogen-bond donors (Lipinski definition) is 0. The Balaban J connectivity index is 1.92. The molecule has 0 N–H and O–H groups in total. The molecule has 76 valence electrons. The summed E-state index contributed by atoms with van der Waals surface area (Å²) in [5.41, 5.74) is 1.18. The summed E-state index contributed by atoms with van der Waals surface area (Å²) in [5.74, 6) is 0.119. The summed E-state index contributed by atoms with van der Waals surface area (Å²) in [5, 5.41) is 3.65. The number of nitrogens with zero attached hydrogens (tertiary/aromatic N) is 2. The van der Waals surface area contributed by atoms with Crippen molar-refractivity contribution in [2.24, 2.45) is 0 Å². The summed E-state index contributed by atoms with van der Waals surface area (Å²) < 4.78 is 3.67. The third-order valence-corrected chi connectivity index (χ3v) is 2.83. The van der Waals surface area contributed by atoms with Crippen molar-refractivity contribution in [2.45, 2.75) is 12.8 Å². The molecular weight excluding hydrogens is 208 g/mol. The second-order valence-electron chi connectivity index (χ2n) is 3.19. The third kappa shape index (κ3) is 2.70. The van der Waals surface area contributed by atoms with Crippen LogP contribution in [0, 0.1) is 0 Å². The van der Waals surface area contributed by atoms with E-state index in [1.54, 1.807) is 0 Å². The van der Waals surface area contributed by atoms with Gasteiger partial charge in [-0.2, -0.15) is 0 Å². The Hall–Kier alpha value is -1.55. The van der Waals surface area contributed by atoms with Crippen LogP contribution in [0.2, 0.25) is 0 Å². The van der Waals surface area contributed by atoms with Crippen LogP contribution < -0.4 is 0 Å². The van der Waals surface area contributed by atoms with Gasteiger partial charge in [0.2, 0.25) is 0 Å². The number of aryl methyl sites for hydroxylation is 1. The Bertz CT molecular complexity index is 425. The highest BCUT2D eigenvalue weighted by molar-refractivity contribution is 7.07. The van der Waals surface area contributed by atoms with Crippen molar-refractivity contribution in [1.29, 1.82) is 0 Å². The minimum absolute atomic E-state index is 0.119. The van der Waals surface area contributed by atoms with E-state index in [4.69, 9.17) is 0 Å². The molecule has 0 unspecified atom stereocenters. The topological polar surface area (TPSA) is 42.9 Å². The molecule has 4 heteroatoms. The number of hydrogen-bond acceptors (Lipinski definition) is 4. The van der Waals surface area contributed by atoms with E-state index in [0.29, 0.717) is 11.3 Å². The zero-order valence-electron chi connectivity index (χ0n) is 8.09. The molecule has 3 nitrogen and oxygen atoms in total. The summed E-state index contributed by atoms with van der Waals surface area (Å²) >= 11 is 1.16. The minimum Gasteiger partial charge on any atom is -0.293 e. The highest BCUT2D eigenvalue weighted by Crippen LogP contribution is 2.09. The molecule has 0 aliphatic rings. The summed E-state index contributed by atoms with van der Waals surface area (Å²) in [4.78, 5) is 12.3. The highest BCUT2D eigenvalue weighted by Gasteiger charge is 2.08. The number of ketones is 1. The number of aromatic nitrogens is 2. The Kier molecular flexibility index (Phi) is 3.19. The van der Waals surface area contributed by atoms with Gasteiger partial charge in [0.05, 0.1) is 6.20 Å². The van der Waals surface area contributed by atoms with Gasteiger partial charge in [0, 0.05) is 6.42 Å². The van der Waals surface area contributed by atoms with Gasteiger partial charge in [-0.25, -0.2) is 0 Å². The van der Waals surface area contributed by atoms with Gasteiger partial charge in [0.15, 0.2) is 5.78 Å². The first-order chi connectivity index (χ1) is 7.36. The van der Waals surface area contributed by atoms with E-state index in [1.165, 1.54) is 11.8 Å². The average molecular weight is 218 g/mol. The SMILES string of the molecule is O=C(CCc1ccccc1)c1cnns1. The predicted molar refractivity (Wildman–Crippen MR) is 59.0 cm³/mol. The van der Waals surface area contributed by atoms with Crippen molar-refractivity contribution >= 4 is 17.3 Å². The number of carbonyl (C=O) groups excluding carboxylic acids is 1. The van der Waals surface area contributed by atoms with Crippen LogP contribution in [0.25, 0.3) is 0 Å². The maximum atomic E-state index is 11.6. The van der Waals surface area contributed by atoms with Gasteiger partial charge in [0.25, 0.3) is 0 Å². The van der Waals surface area contributed by atoms with Gasteiger partial charge in [-0.15, -0.1) is 5.10 Å². The van der Waals surface area contributed by atoms with E-state index in [9.17, 15) is 4.79 Å². The van der Waals surface area contributed by atoms with Crippen molar-refractivity contribution in [2.75, 3.05) is 0 Å². The molecule has 0 fully saturated rings. The quantitative estimate of drug-likeness (QED) is 0.740.